The standard InChI is InChI=1S/C22H32FN5OS/c1-3-24-22(25-10-4-5-21-27-17(2)16-30-21)26-15-20(28-11-13-29-14-12-28)18-6-8-19(23)9-7-18/h6-9,16,20H,3-5,10-15H2,1-2H3,(H2,24,25,26). The molecule has 0 radical (unpaired) electrons. The number of benzene rings is 1. The lowest BCUT2D eigenvalue weighted by atomic mass is 10.0. The molecular formula is C22H32FN5OS. The van der Waals surface area contributed by atoms with Crippen molar-refractivity contribution in [3.63, 3.8) is 0 Å². The van der Waals surface area contributed by atoms with Crippen LogP contribution >= 0.6 is 11.3 Å². The molecule has 2 N–H and O–H groups in total. The lowest BCUT2D eigenvalue weighted by Crippen LogP contribution is -2.42. The van der Waals surface area contributed by atoms with Crippen LogP contribution in [-0.4, -0.2) is 61.8 Å². The van der Waals surface area contributed by atoms with Gasteiger partial charge < -0.3 is 15.4 Å². The van der Waals surface area contributed by atoms with Gasteiger partial charge in [-0.05, 0) is 38.0 Å². The summed E-state index contributed by atoms with van der Waals surface area (Å²) in [6.45, 7) is 9.48. The number of aliphatic imine (C=N–C) groups is 1. The predicted octanol–water partition coefficient (Wildman–Crippen LogP) is 3.15. The molecule has 1 aromatic heterocycles. The summed E-state index contributed by atoms with van der Waals surface area (Å²) >= 11 is 1.72. The minimum atomic E-state index is -0.214. The summed E-state index contributed by atoms with van der Waals surface area (Å²) in [7, 11) is 0. The van der Waals surface area contributed by atoms with E-state index in [1.807, 2.05) is 19.1 Å². The molecule has 164 valence electrons. The molecule has 1 aliphatic heterocycles. The maximum absolute atomic E-state index is 13.4. The van der Waals surface area contributed by atoms with Crippen molar-refractivity contribution >= 4 is 17.3 Å². The first kappa shape index (κ1) is 22.7. The zero-order valence-corrected chi connectivity index (χ0v) is 18.7. The molecule has 6 nitrogen and oxygen atoms in total. The smallest absolute Gasteiger partial charge is 0.191 e. The van der Waals surface area contributed by atoms with Gasteiger partial charge in [-0.1, -0.05) is 12.1 Å². The largest absolute Gasteiger partial charge is 0.379 e. The Balaban J connectivity index is 1.60. The van der Waals surface area contributed by atoms with Gasteiger partial charge in [-0.25, -0.2) is 9.37 Å². The van der Waals surface area contributed by atoms with Crippen molar-refractivity contribution in [2.24, 2.45) is 4.99 Å². The van der Waals surface area contributed by atoms with Crippen molar-refractivity contribution in [1.29, 1.82) is 0 Å². The Hall–Kier alpha value is -2.03. The first-order valence-electron chi connectivity index (χ1n) is 10.7. The molecule has 0 aliphatic carbocycles. The number of ether oxygens (including phenoxy) is 1. The molecule has 8 heteroatoms. The molecule has 2 heterocycles. The van der Waals surface area contributed by atoms with Crippen molar-refractivity contribution in [3.8, 4) is 0 Å². The maximum atomic E-state index is 13.4. The van der Waals surface area contributed by atoms with E-state index in [1.165, 1.54) is 17.1 Å². The zero-order valence-electron chi connectivity index (χ0n) is 17.9. The third-order valence-corrected chi connectivity index (χ3v) is 6.06. The molecule has 30 heavy (non-hydrogen) atoms. The third kappa shape index (κ3) is 7.04. The van der Waals surface area contributed by atoms with E-state index in [2.05, 4.69) is 32.8 Å². The molecule has 1 aliphatic rings. The number of guanidine groups is 1. The van der Waals surface area contributed by atoms with Gasteiger partial charge in [-0.3, -0.25) is 9.89 Å². The predicted molar refractivity (Wildman–Crippen MR) is 121 cm³/mol. The summed E-state index contributed by atoms with van der Waals surface area (Å²) < 4.78 is 18.9. The molecule has 0 amide bonds. The quantitative estimate of drug-likeness (QED) is 0.361. The van der Waals surface area contributed by atoms with Crippen LogP contribution in [0.5, 0.6) is 0 Å². The average Bonchev–Trinajstić information content (AvgIpc) is 3.18. The fourth-order valence-corrected chi connectivity index (χ4v) is 4.31. The van der Waals surface area contributed by atoms with E-state index in [9.17, 15) is 4.39 Å². The van der Waals surface area contributed by atoms with Crippen LogP contribution in [0.3, 0.4) is 0 Å². The van der Waals surface area contributed by atoms with Gasteiger partial charge in [-0.15, -0.1) is 11.3 Å². The zero-order chi connectivity index (χ0) is 21.2. The van der Waals surface area contributed by atoms with Crippen LogP contribution in [0.4, 0.5) is 4.39 Å². The molecule has 1 saturated heterocycles. The Morgan fingerprint density at radius 1 is 1.27 bits per heavy atom. The molecule has 2 aromatic rings. The molecular weight excluding hydrogens is 401 g/mol. The lowest BCUT2D eigenvalue weighted by Gasteiger charge is -2.34. The van der Waals surface area contributed by atoms with Gasteiger partial charge in [-0.2, -0.15) is 0 Å². The lowest BCUT2D eigenvalue weighted by molar-refractivity contribution is 0.0179. The summed E-state index contributed by atoms with van der Waals surface area (Å²) in [6.07, 6.45) is 1.97. The number of nitrogens with zero attached hydrogens (tertiary/aromatic N) is 3. The van der Waals surface area contributed by atoms with Gasteiger partial charge in [0.05, 0.1) is 30.8 Å². The number of thiazole rings is 1. The van der Waals surface area contributed by atoms with Crippen molar-refractivity contribution in [2.75, 3.05) is 45.9 Å². The normalized spacial score (nSPS) is 16.4. The van der Waals surface area contributed by atoms with Crippen LogP contribution < -0.4 is 10.6 Å². The van der Waals surface area contributed by atoms with Crippen molar-refractivity contribution in [3.05, 3.63) is 51.7 Å². The van der Waals surface area contributed by atoms with Gasteiger partial charge in [0.2, 0.25) is 0 Å². The molecule has 0 bridgehead atoms. The van der Waals surface area contributed by atoms with Crippen LogP contribution in [-0.2, 0) is 11.2 Å². The molecule has 1 fully saturated rings. The monoisotopic (exact) mass is 433 g/mol. The van der Waals surface area contributed by atoms with E-state index in [1.54, 1.807) is 11.3 Å². The first-order valence-corrected chi connectivity index (χ1v) is 11.5. The molecule has 3 rings (SSSR count). The Bertz CT molecular complexity index is 789. The highest BCUT2D eigenvalue weighted by atomic mass is 32.1. The Morgan fingerprint density at radius 3 is 2.70 bits per heavy atom. The second-order valence-electron chi connectivity index (χ2n) is 7.35. The molecule has 0 saturated carbocycles. The van der Waals surface area contributed by atoms with Gasteiger partial charge in [0.1, 0.15) is 5.82 Å². The van der Waals surface area contributed by atoms with E-state index >= 15 is 0 Å². The number of hydrogen-bond donors (Lipinski definition) is 2. The SMILES string of the molecule is CCNC(=NCC(c1ccc(F)cc1)N1CCOCC1)NCCCc1nc(C)cs1. The second-order valence-corrected chi connectivity index (χ2v) is 8.29. The van der Waals surface area contributed by atoms with Crippen molar-refractivity contribution in [1.82, 2.24) is 20.5 Å². The first-order chi connectivity index (χ1) is 14.7. The Kier molecular flexibility index (Phi) is 9.04. The van der Waals surface area contributed by atoms with E-state index in [0.717, 1.165) is 69.5 Å². The average molecular weight is 434 g/mol. The van der Waals surface area contributed by atoms with E-state index in [-0.39, 0.29) is 11.9 Å². The van der Waals surface area contributed by atoms with Crippen LogP contribution in [0.25, 0.3) is 0 Å². The van der Waals surface area contributed by atoms with E-state index < -0.39 is 0 Å². The van der Waals surface area contributed by atoms with E-state index in [0.29, 0.717) is 6.54 Å². The number of aryl methyl sites for hydroxylation is 2. The third-order valence-electron chi connectivity index (χ3n) is 5.03. The topological polar surface area (TPSA) is 61.8 Å². The second kappa shape index (κ2) is 12.0. The summed E-state index contributed by atoms with van der Waals surface area (Å²) in [4.78, 5) is 11.7. The highest BCUT2D eigenvalue weighted by molar-refractivity contribution is 7.09. The fourth-order valence-electron chi connectivity index (χ4n) is 3.49. The van der Waals surface area contributed by atoms with Gasteiger partial charge >= 0.3 is 0 Å². The minimum Gasteiger partial charge on any atom is -0.379 e. The Morgan fingerprint density at radius 2 is 2.03 bits per heavy atom. The van der Waals surface area contributed by atoms with Crippen LogP contribution in [0.2, 0.25) is 0 Å². The van der Waals surface area contributed by atoms with Crippen molar-refractivity contribution in [2.45, 2.75) is 32.7 Å². The van der Waals surface area contributed by atoms with Crippen LogP contribution in [0, 0.1) is 12.7 Å². The highest BCUT2D eigenvalue weighted by Crippen LogP contribution is 2.22. The summed E-state index contributed by atoms with van der Waals surface area (Å²) in [6, 6.07) is 6.87. The molecule has 1 unspecified atom stereocenters. The van der Waals surface area contributed by atoms with Crippen molar-refractivity contribution < 1.29 is 9.13 Å². The van der Waals surface area contributed by atoms with Gasteiger partial charge in [0.15, 0.2) is 5.96 Å². The molecule has 1 atom stereocenters. The maximum Gasteiger partial charge on any atom is 0.191 e. The number of rotatable bonds is 9. The molecule has 1 aromatic carbocycles. The fraction of sp³-hybridized carbons (Fsp3) is 0.545. The number of aromatic nitrogens is 1. The number of nitrogens with one attached hydrogen (secondary N) is 2. The van der Waals surface area contributed by atoms with Crippen LogP contribution in [0.15, 0.2) is 34.6 Å². The van der Waals surface area contributed by atoms with Crippen LogP contribution in [0.1, 0.15) is 35.7 Å². The Labute approximate surface area is 182 Å². The summed E-state index contributed by atoms with van der Waals surface area (Å²) in [5, 5.41) is 10.0. The highest BCUT2D eigenvalue weighted by Gasteiger charge is 2.22. The summed E-state index contributed by atoms with van der Waals surface area (Å²) in [5.74, 6) is 0.599. The van der Waals surface area contributed by atoms with Gasteiger partial charge in [0.25, 0.3) is 0 Å². The number of morpholine rings is 1. The minimum absolute atomic E-state index is 0.100. The number of halogens is 1. The van der Waals surface area contributed by atoms with E-state index in [4.69, 9.17) is 9.73 Å². The van der Waals surface area contributed by atoms with Gasteiger partial charge in [0, 0.05) is 43.7 Å². The summed E-state index contributed by atoms with van der Waals surface area (Å²) in [5.41, 5.74) is 2.17. The number of hydrogen-bond acceptors (Lipinski definition) is 5. The molecule has 0 spiro atoms.